The topological polar surface area (TPSA) is 69.4 Å². The quantitative estimate of drug-likeness (QED) is 0.695. The molecule has 3 aromatic rings. The first-order chi connectivity index (χ1) is 10.5. The van der Waals surface area contributed by atoms with Crippen LogP contribution >= 0.6 is 0 Å². The zero-order valence-electron chi connectivity index (χ0n) is 12.0. The third-order valence-electron chi connectivity index (χ3n) is 3.24. The van der Waals surface area contributed by atoms with E-state index in [4.69, 9.17) is 4.74 Å². The van der Waals surface area contributed by atoms with Gasteiger partial charge in [-0.05, 0) is 37.6 Å². The molecule has 1 atom stereocenters. The van der Waals surface area contributed by atoms with Crippen molar-refractivity contribution in [2.75, 3.05) is 0 Å². The maximum atomic E-state index is 12.9. The highest BCUT2D eigenvalue weighted by molar-refractivity contribution is 5.85. The highest BCUT2D eigenvalue weighted by Gasteiger charge is 2.19. The zero-order valence-corrected chi connectivity index (χ0v) is 12.0. The van der Waals surface area contributed by atoms with Crippen molar-refractivity contribution >= 4 is 11.7 Å². The van der Waals surface area contributed by atoms with Gasteiger partial charge in [0.1, 0.15) is 11.9 Å². The molecule has 0 fully saturated rings. The second kappa shape index (κ2) is 5.51. The first kappa shape index (κ1) is 14.1. The molecule has 7 heteroatoms. The Balaban J connectivity index is 1.80. The molecular formula is C15H13FN4O2. The molecule has 0 N–H and O–H groups in total. The van der Waals surface area contributed by atoms with E-state index in [1.807, 2.05) is 6.92 Å². The fraction of sp³-hybridized carbons (Fsp3) is 0.200. The Kier molecular flexibility index (Phi) is 3.54. The molecule has 0 aliphatic rings. The molecule has 1 aromatic carbocycles. The second-order valence-corrected chi connectivity index (χ2v) is 4.83. The predicted molar refractivity (Wildman–Crippen MR) is 75.7 cm³/mol. The van der Waals surface area contributed by atoms with E-state index >= 15 is 0 Å². The summed E-state index contributed by atoms with van der Waals surface area (Å²) < 4.78 is 19.7. The van der Waals surface area contributed by atoms with E-state index in [9.17, 15) is 9.18 Å². The molecular weight excluding hydrogens is 287 g/mol. The summed E-state index contributed by atoms with van der Waals surface area (Å²) in [4.78, 5) is 20.2. The molecule has 0 aliphatic heterocycles. The van der Waals surface area contributed by atoms with Crippen LogP contribution < -0.4 is 0 Å². The lowest BCUT2D eigenvalue weighted by Gasteiger charge is -2.11. The van der Waals surface area contributed by atoms with E-state index in [-0.39, 0.29) is 11.6 Å². The van der Waals surface area contributed by atoms with Crippen LogP contribution in [0.25, 0.3) is 5.78 Å². The number of esters is 1. The first-order valence-corrected chi connectivity index (χ1v) is 6.69. The van der Waals surface area contributed by atoms with Crippen molar-refractivity contribution in [1.82, 2.24) is 19.6 Å². The normalized spacial score (nSPS) is 12.3. The summed E-state index contributed by atoms with van der Waals surface area (Å²) in [5, 5.41) is 4.08. The van der Waals surface area contributed by atoms with Gasteiger partial charge in [0.05, 0.1) is 0 Å². The lowest BCUT2D eigenvalue weighted by Crippen LogP contribution is -2.11. The van der Waals surface area contributed by atoms with Gasteiger partial charge in [-0.15, -0.1) is 5.10 Å². The molecule has 6 nitrogen and oxygen atoms in total. The molecule has 2 aromatic heterocycles. The zero-order chi connectivity index (χ0) is 15.7. The van der Waals surface area contributed by atoms with Crippen LogP contribution in [-0.2, 0) is 4.74 Å². The summed E-state index contributed by atoms with van der Waals surface area (Å²) >= 11 is 0. The second-order valence-electron chi connectivity index (χ2n) is 4.83. The van der Waals surface area contributed by atoms with Crippen LogP contribution in [0.3, 0.4) is 0 Å². The molecule has 3 rings (SSSR count). The summed E-state index contributed by atoms with van der Waals surface area (Å²) in [6.07, 6.45) is 1.06. The molecule has 0 saturated carbocycles. The number of aryl methyl sites for hydroxylation is 1. The summed E-state index contributed by atoms with van der Waals surface area (Å²) in [5.41, 5.74) is 1.50. The smallest absolute Gasteiger partial charge is 0.378 e. The minimum atomic E-state index is -0.651. The fourth-order valence-electron chi connectivity index (χ4n) is 2.01. The van der Waals surface area contributed by atoms with Gasteiger partial charge in [0.15, 0.2) is 0 Å². The van der Waals surface area contributed by atoms with Gasteiger partial charge in [-0.1, -0.05) is 12.1 Å². The summed E-state index contributed by atoms with van der Waals surface area (Å²) in [5.74, 6) is -0.718. The summed E-state index contributed by atoms with van der Waals surface area (Å²) in [7, 11) is 0. The van der Waals surface area contributed by atoms with Crippen molar-refractivity contribution in [1.29, 1.82) is 0 Å². The van der Waals surface area contributed by atoms with Gasteiger partial charge < -0.3 is 4.74 Å². The van der Waals surface area contributed by atoms with E-state index in [1.165, 1.54) is 16.6 Å². The van der Waals surface area contributed by atoms with E-state index in [0.29, 0.717) is 11.3 Å². The molecule has 2 heterocycles. The maximum absolute atomic E-state index is 12.9. The minimum absolute atomic E-state index is 0.0595. The van der Waals surface area contributed by atoms with Crippen LogP contribution in [0.1, 0.15) is 34.9 Å². The van der Waals surface area contributed by atoms with Crippen molar-refractivity contribution in [3.05, 3.63) is 59.4 Å². The third-order valence-corrected chi connectivity index (χ3v) is 3.24. The van der Waals surface area contributed by atoms with Gasteiger partial charge in [-0.25, -0.2) is 18.7 Å². The van der Waals surface area contributed by atoms with Crippen LogP contribution in [-0.4, -0.2) is 25.6 Å². The van der Waals surface area contributed by atoms with Gasteiger partial charge in [0.2, 0.25) is 0 Å². The van der Waals surface area contributed by atoms with E-state index in [2.05, 4.69) is 15.1 Å². The first-order valence-electron chi connectivity index (χ1n) is 6.69. The Morgan fingerprint density at radius 2 is 2.00 bits per heavy atom. The monoisotopic (exact) mass is 300 g/mol. The van der Waals surface area contributed by atoms with Gasteiger partial charge in [0, 0.05) is 11.9 Å². The molecule has 0 radical (unpaired) electrons. The van der Waals surface area contributed by atoms with Crippen LogP contribution in [0.15, 0.2) is 36.5 Å². The molecule has 112 valence electrons. The molecule has 0 amide bonds. The lowest BCUT2D eigenvalue weighted by molar-refractivity contribution is 0.0323. The Morgan fingerprint density at radius 3 is 2.68 bits per heavy atom. The van der Waals surface area contributed by atoms with Gasteiger partial charge >= 0.3 is 5.97 Å². The number of fused-ring (bicyclic) bond motifs is 1. The predicted octanol–water partition coefficient (Wildman–Crippen LogP) is 2.49. The molecule has 22 heavy (non-hydrogen) atoms. The third kappa shape index (κ3) is 2.65. The molecule has 0 spiro atoms. The molecule has 0 aliphatic carbocycles. The van der Waals surface area contributed by atoms with E-state index in [1.54, 1.807) is 31.3 Å². The van der Waals surface area contributed by atoms with E-state index < -0.39 is 12.1 Å². The summed E-state index contributed by atoms with van der Waals surface area (Å²) in [6, 6.07) is 7.52. The highest BCUT2D eigenvalue weighted by Crippen LogP contribution is 2.18. The Hall–Kier alpha value is -2.83. The summed E-state index contributed by atoms with van der Waals surface area (Å²) in [6.45, 7) is 3.53. The fourth-order valence-corrected chi connectivity index (χ4v) is 2.01. The Bertz CT molecular complexity index is 829. The number of ether oxygens (including phenoxy) is 1. The number of hydrogen-bond donors (Lipinski definition) is 0. The van der Waals surface area contributed by atoms with Crippen LogP contribution in [0.4, 0.5) is 4.39 Å². The van der Waals surface area contributed by atoms with E-state index in [0.717, 1.165) is 5.69 Å². The Morgan fingerprint density at radius 1 is 1.27 bits per heavy atom. The van der Waals surface area contributed by atoms with Crippen LogP contribution in [0, 0.1) is 12.7 Å². The number of hydrogen-bond acceptors (Lipinski definition) is 5. The number of rotatable bonds is 3. The highest BCUT2D eigenvalue weighted by atomic mass is 19.1. The number of benzene rings is 1. The minimum Gasteiger partial charge on any atom is -0.452 e. The van der Waals surface area contributed by atoms with Gasteiger partial charge in [0.25, 0.3) is 11.6 Å². The largest absolute Gasteiger partial charge is 0.452 e. The maximum Gasteiger partial charge on any atom is 0.378 e. The van der Waals surface area contributed by atoms with Crippen molar-refractivity contribution in [3.63, 3.8) is 0 Å². The number of carbonyl (C=O) groups excluding carboxylic acids is 1. The molecule has 0 bridgehead atoms. The van der Waals surface area contributed by atoms with Gasteiger partial charge in [-0.2, -0.15) is 4.98 Å². The number of carbonyl (C=O) groups is 1. The average molecular weight is 300 g/mol. The molecule has 1 unspecified atom stereocenters. The number of halogens is 1. The molecule has 0 saturated heterocycles. The van der Waals surface area contributed by atoms with Crippen LogP contribution in [0.5, 0.6) is 0 Å². The van der Waals surface area contributed by atoms with Gasteiger partial charge in [-0.3, -0.25) is 0 Å². The lowest BCUT2D eigenvalue weighted by atomic mass is 10.1. The Labute approximate surface area is 125 Å². The van der Waals surface area contributed by atoms with Crippen LogP contribution in [0.2, 0.25) is 0 Å². The SMILES string of the molecule is Cc1ccnc2nc(C(=O)OC(C)c3ccc(F)cc3)nn12. The number of aromatic nitrogens is 4. The number of nitrogens with zero attached hydrogens (tertiary/aromatic N) is 4. The average Bonchev–Trinajstić information content (AvgIpc) is 2.93. The van der Waals surface area contributed by atoms with Crippen molar-refractivity contribution in [3.8, 4) is 0 Å². The van der Waals surface area contributed by atoms with Crippen molar-refractivity contribution in [2.45, 2.75) is 20.0 Å². The van der Waals surface area contributed by atoms with Crippen molar-refractivity contribution in [2.24, 2.45) is 0 Å². The van der Waals surface area contributed by atoms with Crippen molar-refractivity contribution < 1.29 is 13.9 Å². The standard InChI is InChI=1S/C15H13FN4O2/c1-9-7-8-17-15-18-13(19-20(9)15)14(21)22-10(2)11-3-5-12(16)6-4-11/h3-8,10H,1-2H3.